The minimum absolute atomic E-state index is 0.000486. The Hall–Kier alpha value is -3.57. The van der Waals surface area contributed by atoms with Crippen LogP contribution in [0.15, 0.2) is 47.3 Å². The molecule has 0 N–H and O–H groups in total. The molecule has 1 atom stereocenters. The van der Waals surface area contributed by atoms with Crippen LogP contribution in [0.25, 0.3) is 0 Å². The van der Waals surface area contributed by atoms with E-state index in [-0.39, 0.29) is 35.5 Å². The Kier molecular flexibility index (Phi) is 5.53. The van der Waals surface area contributed by atoms with Crippen molar-refractivity contribution in [2.75, 3.05) is 11.9 Å². The average molecular weight is 441 g/mol. The van der Waals surface area contributed by atoms with Crippen LogP contribution in [0.4, 0.5) is 10.2 Å². The number of hydrogen-bond acceptors (Lipinski definition) is 6. The predicted molar refractivity (Wildman–Crippen MR) is 113 cm³/mol. The lowest BCUT2D eigenvalue weighted by atomic mass is 10.2. The number of rotatable bonds is 5. The third kappa shape index (κ3) is 4.18. The molecule has 0 aliphatic carbocycles. The molecule has 1 aliphatic heterocycles. The summed E-state index contributed by atoms with van der Waals surface area (Å²) in [6, 6.07) is 12.7. The van der Waals surface area contributed by atoms with E-state index in [0.717, 1.165) is 5.82 Å². The molecule has 0 radical (unpaired) electrons. The zero-order valence-electron chi connectivity index (χ0n) is 16.8. The van der Waals surface area contributed by atoms with Crippen LogP contribution >= 0.6 is 11.6 Å². The number of hydrogen-bond donors (Lipinski definition) is 0. The molecular formula is C22H18ClFN4O3. The van der Waals surface area contributed by atoms with Crippen LogP contribution in [0.1, 0.15) is 18.1 Å². The number of nitriles is 1. The first kappa shape index (κ1) is 20.7. The molecule has 0 saturated carbocycles. The lowest BCUT2D eigenvalue weighted by molar-refractivity contribution is 0.290. The van der Waals surface area contributed by atoms with Gasteiger partial charge in [0.15, 0.2) is 11.6 Å². The molecule has 3 aromatic rings. The molecule has 0 bridgehead atoms. The summed E-state index contributed by atoms with van der Waals surface area (Å²) < 4.78 is 27.3. The molecule has 9 heteroatoms. The van der Waals surface area contributed by atoms with Crippen LogP contribution in [-0.2, 0) is 13.2 Å². The summed E-state index contributed by atoms with van der Waals surface area (Å²) in [5.41, 5.74) is 0.406. The maximum atomic E-state index is 14.5. The second-order valence-corrected chi connectivity index (χ2v) is 7.62. The standard InChI is InChI=1S/C22H18ClFN4O3/c1-13-11-28-21(27(13)2)9-20(26-22(28)29)30-12-14-3-6-19(18(24)7-14)31-16-4-5-17(23)15(8-16)10-25/h3-9,13H,11-12H2,1-2H3. The summed E-state index contributed by atoms with van der Waals surface area (Å²) in [5.74, 6) is 0.620. The molecule has 0 fully saturated rings. The highest BCUT2D eigenvalue weighted by Gasteiger charge is 2.25. The Morgan fingerprint density at radius 2 is 2.10 bits per heavy atom. The van der Waals surface area contributed by atoms with E-state index in [4.69, 9.17) is 26.3 Å². The van der Waals surface area contributed by atoms with Crippen LogP contribution in [0.2, 0.25) is 5.02 Å². The average Bonchev–Trinajstić information content (AvgIpc) is 3.04. The Balaban J connectivity index is 1.47. The SMILES string of the molecule is CC1Cn2c(cc(OCc3ccc(Oc4ccc(Cl)c(C#N)c4)c(F)c3)nc2=O)N1C. The number of fused-ring (bicyclic) bond motifs is 1. The van der Waals surface area contributed by atoms with Crippen molar-refractivity contribution in [2.24, 2.45) is 0 Å². The fourth-order valence-corrected chi connectivity index (χ4v) is 3.44. The van der Waals surface area contributed by atoms with Gasteiger partial charge in [-0.25, -0.2) is 9.18 Å². The molecule has 1 aromatic heterocycles. The van der Waals surface area contributed by atoms with Gasteiger partial charge in [0.25, 0.3) is 0 Å². The molecule has 0 saturated heterocycles. The van der Waals surface area contributed by atoms with E-state index in [9.17, 15) is 9.18 Å². The number of benzene rings is 2. The normalized spacial score (nSPS) is 14.8. The molecule has 0 spiro atoms. The van der Waals surface area contributed by atoms with Gasteiger partial charge in [-0.15, -0.1) is 0 Å². The van der Waals surface area contributed by atoms with Crippen LogP contribution < -0.4 is 20.1 Å². The third-order valence-corrected chi connectivity index (χ3v) is 5.43. The first-order valence-electron chi connectivity index (χ1n) is 9.49. The minimum atomic E-state index is -0.593. The lowest BCUT2D eigenvalue weighted by Crippen LogP contribution is -2.23. The van der Waals surface area contributed by atoms with Crippen molar-refractivity contribution in [3.05, 3.63) is 74.9 Å². The van der Waals surface area contributed by atoms with E-state index in [0.29, 0.717) is 22.9 Å². The van der Waals surface area contributed by atoms with Crippen molar-refractivity contribution >= 4 is 17.4 Å². The largest absolute Gasteiger partial charge is 0.473 e. The molecule has 31 heavy (non-hydrogen) atoms. The van der Waals surface area contributed by atoms with E-state index in [1.807, 2.05) is 24.9 Å². The molecule has 158 valence electrons. The van der Waals surface area contributed by atoms with Crippen molar-refractivity contribution in [1.82, 2.24) is 9.55 Å². The van der Waals surface area contributed by atoms with Crippen LogP contribution in [0.5, 0.6) is 17.4 Å². The van der Waals surface area contributed by atoms with Gasteiger partial charge in [-0.05, 0) is 36.8 Å². The van der Waals surface area contributed by atoms with Gasteiger partial charge >= 0.3 is 5.69 Å². The summed E-state index contributed by atoms with van der Waals surface area (Å²) in [5, 5.41) is 9.34. The first-order chi connectivity index (χ1) is 14.9. The molecule has 0 amide bonds. The van der Waals surface area contributed by atoms with E-state index < -0.39 is 5.82 Å². The van der Waals surface area contributed by atoms with Gasteiger partial charge in [0.2, 0.25) is 5.88 Å². The van der Waals surface area contributed by atoms with Gasteiger partial charge in [0.1, 0.15) is 24.2 Å². The van der Waals surface area contributed by atoms with Gasteiger partial charge in [0, 0.05) is 31.8 Å². The van der Waals surface area contributed by atoms with Crippen molar-refractivity contribution in [3.63, 3.8) is 0 Å². The summed E-state index contributed by atoms with van der Waals surface area (Å²) in [4.78, 5) is 18.1. The maximum Gasteiger partial charge on any atom is 0.352 e. The van der Waals surface area contributed by atoms with Gasteiger partial charge in [0.05, 0.1) is 10.6 Å². The molecule has 1 unspecified atom stereocenters. The Morgan fingerprint density at radius 1 is 1.29 bits per heavy atom. The summed E-state index contributed by atoms with van der Waals surface area (Å²) in [6.45, 7) is 2.63. The fourth-order valence-electron chi connectivity index (χ4n) is 3.28. The molecule has 4 rings (SSSR count). The minimum Gasteiger partial charge on any atom is -0.473 e. The van der Waals surface area contributed by atoms with Crippen LogP contribution in [0.3, 0.4) is 0 Å². The summed E-state index contributed by atoms with van der Waals surface area (Å²) >= 11 is 5.90. The second-order valence-electron chi connectivity index (χ2n) is 7.21. The third-order valence-electron chi connectivity index (χ3n) is 5.10. The van der Waals surface area contributed by atoms with Crippen molar-refractivity contribution in [2.45, 2.75) is 26.1 Å². The highest BCUT2D eigenvalue weighted by Crippen LogP contribution is 2.29. The molecule has 2 aromatic carbocycles. The summed E-state index contributed by atoms with van der Waals surface area (Å²) in [6.07, 6.45) is 0. The number of nitrogens with zero attached hydrogens (tertiary/aromatic N) is 4. The van der Waals surface area contributed by atoms with Gasteiger partial charge in [-0.2, -0.15) is 10.2 Å². The smallest absolute Gasteiger partial charge is 0.352 e. The van der Waals surface area contributed by atoms with E-state index in [1.165, 1.54) is 24.3 Å². The highest BCUT2D eigenvalue weighted by atomic mass is 35.5. The zero-order chi connectivity index (χ0) is 22.1. The molecule has 1 aliphatic rings. The topological polar surface area (TPSA) is 80.4 Å². The molecular weight excluding hydrogens is 423 g/mol. The first-order valence-corrected chi connectivity index (χ1v) is 9.87. The van der Waals surface area contributed by atoms with E-state index in [1.54, 1.807) is 22.8 Å². The number of likely N-dealkylation sites (N-methyl/N-ethyl adjacent to an activating group) is 1. The lowest BCUT2D eigenvalue weighted by Gasteiger charge is -2.16. The molecule has 2 heterocycles. The quantitative estimate of drug-likeness (QED) is 0.593. The maximum absolute atomic E-state index is 14.5. The number of anilines is 1. The van der Waals surface area contributed by atoms with Gasteiger partial charge in [-0.1, -0.05) is 17.7 Å². The predicted octanol–water partition coefficient (Wildman–Crippen LogP) is 4.12. The highest BCUT2D eigenvalue weighted by molar-refractivity contribution is 6.31. The number of halogens is 2. The zero-order valence-corrected chi connectivity index (χ0v) is 17.6. The van der Waals surface area contributed by atoms with E-state index >= 15 is 0 Å². The monoisotopic (exact) mass is 440 g/mol. The second kappa shape index (κ2) is 8.28. The fraction of sp³-hybridized carbons (Fsp3) is 0.227. The number of aromatic nitrogens is 2. The van der Waals surface area contributed by atoms with Gasteiger partial charge in [-0.3, -0.25) is 4.57 Å². The Bertz CT molecular complexity index is 1250. The summed E-state index contributed by atoms with van der Waals surface area (Å²) in [7, 11) is 1.90. The number of ether oxygens (including phenoxy) is 2. The van der Waals surface area contributed by atoms with Crippen molar-refractivity contribution in [3.8, 4) is 23.4 Å². The van der Waals surface area contributed by atoms with Crippen LogP contribution in [-0.4, -0.2) is 22.6 Å². The van der Waals surface area contributed by atoms with Crippen molar-refractivity contribution < 1.29 is 13.9 Å². The van der Waals surface area contributed by atoms with Crippen LogP contribution in [0, 0.1) is 17.1 Å². The van der Waals surface area contributed by atoms with Crippen molar-refractivity contribution in [1.29, 1.82) is 5.26 Å². The van der Waals surface area contributed by atoms with E-state index in [2.05, 4.69) is 4.98 Å². The Labute approximate surface area is 182 Å². The van der Waals surface area contributed by atoms with Gasteiger partial charge < -0.3 is 14.4 Å². The Morgan fingerprint density at radius 3 is 2.84 bits per heavy atom. The molecule has 7 nitrogen and oxygen atoms in total.